The van der Waals surface area contributed by atoms with Crippen molar-refractivity contribution >= 4 is 35.1 Å². The first-order valence-electron chi connectivity index (χ1n) is 12.4. The Kier molecular flexibility index (Phi) is 8.37. The van der Waals surface area contributed by atoms with Crippen LogP contribution in [0, 0.1) is 5.82 Å². The number of hydrogen-bond donors (Lipinski definition) is 3. The van der Waals surface area contributed by atoms with E-state index in [1.165, 1.54) is 18.2 Å². The highest BCUT2D eigenvalue weighted by molar-refractivity contribution is 6.05. The van der Waals surface area contributed by atoms with E-state index in [0.29, 0.717) is 35.5 Å². The van der Waals surface area contributed by atoms with Crippen LogP contribution in [0.1, 0.15) is 37.4 Å². The number of rotatable bonds is 8. The van der Waals surface area contributed by atoms with Crippen molar-refractivity contribution in [2.24, 2.45) is 0 Å². The summed E-state index contributed by atoms with van der Waals surface area (Å²) < 4.78 is 19.3. The molecule has 4 rings (SSSR count). The van der Waals surface area contributed by atoms with E-state index >= 15 is 0 Å². The first-order valence-corrected chi connectivity index (χ1v) is 12.4. The van der Waals surface area contributed by atoms with Crippen LogP contribution in [-0.4, -0.2) is 36.1 Å². The second kappa shape index (κ2) is 12.1. The Balaban J connectivity index is 1.67. The van der Waals surface area contributed by atoms with E-state index in [9.17, 15) is 18.8 Å². The van der Waals surface area contributed by atoms with E-state index in [0.717, 1.165) is 5.56 Å². The quantitative estimate of drug-likeness (QED) is 0.324. The molecule has 3 aromatic rings. The number of nitrogens with one attached hydrogen (secondary N) is 3. The Morgan fingerprint density at radius 1 is 0.947 bits per heavy atom. The van der Waals surface area contributed by atoms with Crippen molar-refractivity contribution in [3.05, 3.63) is 101 Å². The first kappa shape index (κ1) is 26.4. The zero-order chi connectivity index (χ0) is 27.1. The van der Waals surface area contributed by atoms with Gasteiger partial charge >= 0.3 is 18.0 Å². The molecular weight excluding hydrogens is 487 g/mol. The topological polar surface area (TPSA) is 99.8 Å². The number of para-hydroxylation sites is 1. The zero-order valence-electron chi connectivity index (χ0n) is 21.2. The lowest BCUT2D eigenvalue weighted by molar-refractivity contribution is -0.138. The van der Waals surface area contributed by atoms with Gasteiger partial charge < -0.3 is 20.7 Å². The minimum atomic E-state index is -0.772. The lowest BCUT2D eigenvalue weighted by Gasteiger charge is -2.36. The molecular formula is C29H29FN4O4. The molecule has 9 heteroatoms. The smallest absolute Gasteiger partial charge is 0.338 e. The number of nitrogens with zero attached hydrogens (tertiary/aromatic N) is 1. The Morgan fingerprint density at radius 2 is 1.63 bits per heavy atom. The number of benzene rings is 3. The molecule has 4 amide bonds. The molecule has 196 valence electrons. The molecule has 38 heavy (non-hydrogen) atoms. The minimum absolute atomic E-state index is 0.0563. The van der Waals surface area contributed by atoms with Crippen LogP contribution in [0.2, 0.25) is 0 Å². The first-order chi connectivity index (χ1) is 18.4. The number of anilines is 2. The van der Waals surface area contributed by atoms with Crippen molar-refractivity contribution in [3.63, 3.8) is 0 Å². The van der Waals surface area contributed by atoms with Gasteiger partial charge in [-0.2, -0.15) is 0 Å². The van der Waals surface area contributed by atoms with Gasteiger partial charge in [-0.1, -0.05) is 61.5 Å². The third-order valence-corrected chi connectivity index (χ3v) is 5.94. The lowest BCUT2D eigenvalue weighted by Crippen LogP contribution is -2.48. The minimum Gasteiger partial charge on any atom is -0.463 e. The van der Waals surface area contributed by atoms with Gasteiger partial charge in [-0.25, -0.2) is 18.8 Å². The van der Waals surface area contributed by atoms with E-state index < -0.39 is 23.9 Å². The van der Waals surface area contributed by atoms with Crippen molar-refractivity contribution in [2.75, 3.05) is 23.8 Å². The van der Waals surface area contributed by atoms with Gasteiger partial charge in [0.05, 0.1) is 29.6 Å². The van der Waals surface area contributed by atoms with Crippen LogP contribution in [0.4, 0.5) is 25.4 Å². The maximum Gasteiger partial charge on any atom is 0.338 e. The van der Waals surface area contributed by atoms with Gasteiger partial charge in [0.2, 0.25) is 0 Å². The van der Waals surface area contributed by atoms with Gasteiger partial charge in [-0.05, 0) is 48.7 Å². The van der Waals surface area contributed by atoms with Gasteiger partial charge in [0, 0.05) is 12.2 Å². The summed E-state index contributed by atoms with van der Waals surface area (Å²) in [6.07, 6.45) is 0.694. The van der Waals surface area contributed by atoms with Gasteiger partial charge in [-0.15, -0.1) is 0 Å². The molecule has 0 spiro atoms. The summed E-state index contributed by atoms with van der Waals surface area (Å²) in [5.41, 5.74) is 2.69. The van der Waals surface area contributed by atoms with Crippen molar-refractivity contribution < 1.29 is 23.5 Å². The third kappa shape index (κ3) is 5.83. The fourth-order valence-corrected chi connectivity index (χ4v) is 4.28. The molecule has 0 bridgehead atoms. The van der Waals surface area contributed by atoms with E-state index in [2.05, 4.69) is 16.0 Å². The maximum absolute atomic E-state index is 13.8. The number of hydrogen-bond acceptors (Lipinski definition) is 4. The highest BCUT2D eigenvalue weighted by Crippen LogP contribution is 2.37. The average molecular weight is 517 g/mol. The van der Waals surface area contributed by atoms with Gasteiger partial charge in [0.15, 0.2) is 0 Å². The predicted octanol–water partition coefficient (Wildman–Crippen LogP) is 5.92. The number of ether oxygens (including phenoxy) is 1. The summed E-state index contributed by atoms with van der Waals surface area (Å²) in [7, 11) is 0. The summed E-state index contributed by atoms with van der Waals surface area (Å²) in [5, 5.41) is 8.06. The predicted molar refractivity (Wildman–Crippen MR) is 144 cm³/mol. The molecule has 0 saturated carbocycles. The van der Waals surface area contributed by atoms with Crippen LogP contribution < -0.4 is 16.0 Å². The molecule has 1 heterocycles. The summed E-state index contributed by atoms with van der Waals surface area (Å²) in [6, 6.07) is 20.1. The van der Waals surface area contributed by atoms with Crippen LogP contribution >= 0.6 is 0 Å². The standard InChI is InChI=1S/C29H29FN4O4/c1-3-18-34-26(20-10-6-5-7-11-20)24(27(35)38-4-2)25(33-29(34)37)19-14-16-21(17-15-19)31-28(36)32-23-13-9-8-12-22(23)30/h5-17,25H,3-4,18H2,1-2H3,(H,33,37)(H2,31,32,36). The molecule has 0 aliphatic carbocycles. The van der Waals surface area contributed by atoms with Crippen molar-refractivity contribution in [2.45, 2.75) is 26.3 Å². The van der Waals surface area contributed by atoms with Crippen LogP contribution in [-0.2, 0) is 9.53 Å². The molecule has 1 aliphatic rings. The number of esters is 1. The largest absolute Gasteiger partial charge is 0.463 e. The second-order valence-corrected chi connectivity index (χ2v) is 8.56. The summed E-state index contributed by atoms with van der Waals surface area (Å²) in [4.78, 5) is 40.4. The normalized spacial score (nSPS) is 15.1. The Labute approximate surface area is 220 Å². The van der Waals surface area contributed by atoms with Crippen molar-refractivity contribution in [3.8, 4) is 0 Å². The van der Waals surface area contributed by atoms with Gasteiger partial charge in [-0.3, -0.25) is 4.90 Å². The molecule has 0 radical (unpaired) electrons. The molecule has 1 aliphatic heterocycles. The van der Waals surface area contributed by atoms with Crippen LogP contribution in [0.3, 0.4) is 0 Å². The summed E-state index contributed by atoms with van der Waals surface area (Å²) in [6.45, 7) is 4.29. The van der Waals surface area contributed by atoms with Crippen molar-refractivity contribution in [1.29, 1.82) is 0 Å². The van der Waals surface area contributed by atoms with Gasteiger partial charge in [0.25, 0.3) is 0 Å². The van der Waals surface area contributed by atoms with Gasteiger partial charge in [0.1, 0.15) is 5.82 Å². The third-order valence-electron chi connectivity index (χ3n) is 5.94. The molecule has 1 unspecified atom stereocenters. The van der Waals surface area contributed by atoms with E-state index in [1.54, 1.807) is 42.2 Å². The SMILES string of the molecule is CCCN1C(=O)NC(c2ccc(NC(=O)Nc3ccccc3F)cc2)C(C(=O)OCC)=C1c1ccccc1. The average Bonchev–Trinajstić information content (AvgIpc) is 2.92. The molecule has 8 nitrogen and oxygen atoms in total. The maximum atomic E-state index is 13.8. The molecule has 0 fully saturated rings. The second-order valence-electron chi connectivity index (χ2n) is 8.56. The van der Waals surface area contributed by atoms with Crippen molar-refractivity contribution in [1.82, 2.24) is 10.2 Å². The van der Waals surface area contributed by atoms with E-state index in [4.69, 9.17) is 4.74 Å². The molecule has 3 N–H and O–H groups in total. The molecule has 1 atom stereocenters. The Bertz CT molecular complexity index is 1340. The number of urea groups is 2. The summed E-state index contributed by atoms with van der Waals surface area (Å²) in [5.74, 6) is -1.07. The summed E-state index contributed by atoms with van der Waals surface area (Å²) >= 11 is 0. The Hall–Kier alpha value is -4.66. The van der Waals surface area contributed by atoms with E-state index in [1.807, 2.05) is 37.3 Å². The number of halogens is 1. The fourth-order valence-electron chi connectivity index (χ4n) is 4.28. The fraction of sp³-hybridized carbons (Fsp3) is 0.207. The van der Waals surface area contributed by atoms with Crippen LogP contribution in [0.5, 0.6) is 0 Å². The van der Waals surface area contributed by atoms with Crippen LogP contribution in [0.15, 0.2) is 84.4 Å². The number of carbonyl (C=O) groups is 3. The molecule has 0 saturated heterocycles. The van der Waals surface area contributed by atoms with E-state index in [-0.39, 0.29) is 18.3 Å². The highest BCUT2D eigenvalue weighted by Gasteiger charge is 2.38. The number of carbonyl (C=O) groups excluding carboxylic acids is 3. The highest BCUT2D eigenvalue weighted by atomic mass is 19.1. The zero-order valence-corrected chi connectivity index (χ0v) is 21.2. The molecule has 0 aromatic heterocycles. The molecule has 3 aromatic carbocycles. The Morgan fingerprint density at radius 3 is 2.29 bits per heavy atom. The van der Waals surface area contributed by atoms with Crippen LogP contribution in [0.25, 0.3) is 5.70 Å². The monoisotopic (exact) mass is 516 g/mol. The lowest BCUT2D eigenvalue weighted by atomic mass is 9.91. The number of amides is 4.